The molecule has 1 fully saturated rings. The highest BCUT2D eigenvalue weighted by Gasteiger charge is 2.18. The van der Waals surface area contributed by atoms with Gasteiger partial charge < -0.3 is 24.6 Å². The molecule has 0 aromatic heterocycles. The fraction of sp³-hybridized carbons (Fsp3) is 0.700. The van der Waals surface area contributed by atoms with E-state index in [0.717, 1.165) is 51.1 Å². The number of aliphatic hydroxyl groups is 2. The van der Waals surface area contributed by atoms with Gasteiger partial charge in [-0.05, 0) is 43.6 Å². The number of hydrogen-bond acceptors (Lipinski definition) is 6. The van der Waals surface area contributed by atoms with E-state index in [1.165, 1.54) is 0 Å². The third-order valence-electron chi connectivity index (χ3n) is 4.99. The van der Waals surface area contributed by atoms with Crippen LogP contribution in [0.3, 0.4) is 0 Å². The molecule has 1 atom stereocenters. The maximum Gasteiger partial charge on any atom is 0.161 e. The molecule has 0 bridgehead atoms. The number of likely N-dealkylation sites (N-methyl/N-ethyl adjacent to an activating group) is 1. The predicted octanol–water partition coefficient (Wildman–Crippen LogP) is 1.73. The van der Waals surface area contributed by atoms with E-state index in [4.69, 9.17) is 9.47 Å². The number of piperidine rings is 1. The number of hydrogen-bond donors (Lipinski definition) is 2. The first kappa shape index (κ1) is 21.0. The maximum atomic E-state index is 10.2. The molecule has 2 rings (SSSR count). The van der Waals surface area contributed by atoms with Crippen LogP contribution in [0.15, 0.2) is 18.2 Å². The summed E-state index contributed by atoms with van der Waals surface area (Å²) < 4.78 is 11.3. The fourth-order valence-corrected chi connectivity index (χ4v) is 3.28. The van der Waals surface area contributed by atoms with Crippen LogP contribution in [-0.4, -0.2) is 78.7 Å². The average molecular weight is 367 g/mol. The van der Waals surface area contributed by atoms with Crippen molar-refractivity contribution in [2.45, 2.75) is 45.4 Å². The molecule has 6 nitrogen and oxygen atoms in total. The van der Waals surface area contributed by atoms with Crippen molar-refractivity contribution >= 4 is 0 Å². The van der Waals surface area contributed by atoms with Gasteiger partial charge in [-0.25, -0.2) is 0 Å². The van der Waals surface area contributed by atoms with E-state index in [2.05, 4.69) is 23.6 Å². The normalized spacial score (nSPS) is 17.5. The van der Waals surface area contributed by atoms with Crippen LogP contribution in [0.2, 0.25) is 0 Å². The van der Waals surface area contributed by atoms with E-state index in [9.17, 15) is 10.2 Å². The summed E-state index contributed by atoms with van der Waals surface area (Å²) >= 11 is 0. The Hall–Kier alpha value is -1.34. The van der Waals surface area contributed by atoms with Gasteiger partial charge in [-0.15, -0.1) is 0 Å². The van der Waals surface area contributed by atoms with Gasteiger partial charge in [0.25, 0.3) is 0 Å². The van der Waals surface area contributed by atoms with Gasteiger partial charge in [-0.2, -0.15) is 0 Å². The lowest BCUT2D eigenvalue weighted by molar-refractivity contribution is 0.0704. The van der Waals surface area contributed by atoms with Crippen LogP contribution in [0.1, 0.15) is 32.3 Å². The Morgan fingerprint density at radius 2 is 1.88 bits per heavy atom. The molecule has 1 aliphatic rings. The molecule has 1 aliphatic heterocycles. The fourth-order valence-electron chi connectivity index (χ4n) is 3.28. The van der Waals surface area contributed by atoms with Gasteiger partial charge >= 0.3 is 0 Å². The molecule has 0 radical (unpaired) electrons. The molecule has 1 heterocycles. The summed E-state index contributed by atoms with van der Waals surface area (Å²) in [6.07, 6.45) is 0.990. The Labute approximate surface area is 157 Å². The number of aliphatic hydroxyl groups excluding tert-OH is 2. The molecule has 148 valence electrons. The second-order valence-electron chi connectivity index (χ2n) is 6.94. The molecule has 0 aliphatic carbocycles. The highest BCUT2D eigenvalue weighted by molar-refractivity contribution is 5.43. The molecule has 1 saturated heterocycles. The minimum absolute atomic E-state index is 0.153. The first-order chi connectivity index (χ1) is 12.5. The summed E-state index contributed by atoms with van der Waals surface area (Å²) in [4.78, 5) is 4.51. The summed E-state index contributed by atoms with van der Waals surface area (Å²) in [5.41, 5.74) is 1.16. The largest absolute Gasteiger partial charge is 0.493 e. The molecule has 26 heavy (non-hydrogen) atoms. The van der Waals surface area contributed by atoms with Crippen molar-refractivity contribution in [2.75, 3.05) is 46.4 Å². The van der Waals surface area contributed by atoms with Gasteiger partial charge in [-0.3, -0.25) is 4.90 Å². The van der Waals surface area contributed by atoms with Gasteiger partial charge in [0.15, 0.2) is 11.5 Å². The van der Waals surface area contributed by atoms with Crippen molar-refractivity contribution in [3.63, 3.8) is 0 Å². The molecular formula is C20H34N2O4. The lowest BCUT2D eigenvalue weighted by atomic mass is 10.1. The number of rotatable bonds is 10. The number of likely N-dealkylation sites (tertiary alicyclic amines) is 1. The van der Waals surface area contributed by atoms with Crippen LogP contribution >= 0.6 is 0 Å². The van der Waals surface area contributed by atoms with Crippen molar-refractivity contribution in [1.29, 1.82) is 0 Å². The Bertz CT molecular complexity index is 529. The summed E-state index contributed by atoms with van der Waals surface area (Å²) in [5.74, 6) is 1.35. The first-order valence-electron chi connectivity index (χ1n) is 9.66. The third-order valence-corrected chi connectivity index (χ3v) is 4.99. The maximum absolute atomic E-state index is 10.2. The van der Waals surface area contributed by atoms with Crippen molar-refractivity contribution in [1.82, 2.24) is 9.80 Å². The molecule has 0 saturated carbocycles. The Morgan fingerprint density at radius 3 is 2.50 bits per heavy atom. The van der Waals surface area contributed by atoms with E-state index in [-0.39, 0.29) is 12.7 Å². The molecular weight excluding hydrogens is 332 g/mol. The second kappa shape index (κ2) is 10.7. The lowest BCUT2D eigenvalue weighted by Crippen LogP contribution is -2.35. The minimum Gasteiger partial charge on any atom is -0.493 e. The van der Waals surface area contributed by atoms with Crippen molar-refractivity contribution in [3.8, 4) is 11.5 Å². The molecule has 6 heteroatoms. The second-order valence-corrected chi connectivity index (χ2v) is 6.94. The summed E-state index contributed by atoms with van der Waals surface area (Å²) in [6, 6.07) is 5.95. The quantitative estimate of drug-likeness (QED) is 0.658. The molecule has 1 aromatic rings. The van der Waals surface area contributed by atoms with Crippen molar-refractivity contribution < 1.29 is 19.7 Å². The van der Waals surface area contributed by atoms with E-state index in [1.807, 2.05) is 18.2 Å². The smallest absolute Gasteiger partial charge is 0.161 e. The molecule has 0 unspecified atom stereocenters. The van der Waals surface area contributed by atoms with Crippen LogP contribution in [0.25, 0.3) is 0 Å². The molecule has 0 spiro atoms. The van der Waals surface area contributed by atoms with Crippen LogP contribution in [-0.2, 0) is 6.54 Å². The lowest BCUT2D eigenvalue weighted by Gasteiger charge is -2.29. The number of ether oxygens (including phenoxy) is 2. The highest BCUT2D eigenvalue weighted by atomic mass is 16.5. The van der Waals surface area contributed by atoms with E-state index >= 15 is 0 Å². The van der Waals surface area contributed by atoms with Crippen LogP contribution in [0, 0.1) is 0 Å². The molecule has 0 amide bonds. The number of nitrogens with zero attached hydrogens (tertiary/aromatic N) is 2. The number of benzene rings is 1. The minimum atomic E-state index is -0.529. The van der Waals surface area contributed by atoms with Crippen molar-refractivity contribution in [3.05, 3.63) is 23.8 Å². The van der Waals surface area contributed by atoms with Gasteiger partial charge in [0.2, 0.25) is 0 Å². The standard InChI is InChI=1S/C20H34N2O4/c1-4-21(5-2)14-18(24)15-26-19-7-6-16(12-20(19)25-3)13-22-10-8-17(23)9-11-22/h6-7,12,17-18,23-24H,4-5,8-11,13-15H2,1-3H3/t18-/m0/s1. The third kappa shape index (κ3) is 6.43. The van der Waals surface area contributed by atoms with Gasteiger partial charge in [-0.1, -0.05) is 19.9 Å². The Balaban J connectivity index is 1.89. The monoisotopic (exact) mass is 366 g/mol. The summed E-state index contributed by atoms with van der Waals surface area (Å²) in [5, 5.41) is 19.8. The van der Waals surface area contributed by atoms with Gasteiger partial charge in [0.1, 0.15) is 12.7 Å². The Morgan fingerprint density at radius 1 is 1.19 bits per heavy atom. The Kier molecular flexibility index (Phi) is 8.65. The van der Waals surface area contributed by atoms with E-state index < -0.39 is 6.10 Å². The van der Waals surface area contributed by atoms with Crippen molar-refractivity contribution in [2.24, 2.45) is 0 Å². The SMILES string of the molecule is CCN(CC)C[C@H](O)COc1ccc(CN2CCC(O)CC2)cc1OC. The highest BCUT2D eigenvalue weighted by Crippen LogP contribution is 2.29. The average Bonchev–Trinajstić information content (AvgIpc) is 2.66. The zero-order chi connectivity index (χ0) is 18.9. The summed E-state index contributed by atoms with van der Waals surface area (Å²) in [7, 11) is 1.63. The van der Waals surface area contributed by atoms with Gasteiger partial charge in [0, 0.05) is 26.2 Å². The van der Waals surface area contributed by atoms with E-state index in [0.29, 0.717) is 18.0 Å². The van der Waals surface area contributed by atoms with Crippen LogP contribution in [0.4, 0.5) is 0 Å². The zero-order valence-electron chi connectivity index (χ0n) is 16.4. The van der Waals surface area contributed by atoms with Crippen LogP contribution in [0.5, 0.6) is 11.5 Å². The predicted molar refractivity (Wildman–Crippen MR) is 103 cm³/mol. The van der Waals surface area contributed by atoms with Gasteiger partial charge in [0.05, 0.1) is 13.2 Å². The van der Waals surface area contributed by atoms with E-state index in [1.54, 1.807) is 7.11 Å². The molecule has 1 aromatic carbocycles. The topological polar surface area (TPSA) is 65.4 Å². The number of methoxy groups -OCH3 is 1. The first-order valence-corrected chi connectivity index (χ1v) is 9.66. The molecule has 2 N–H and O–H groups in total. The zero-order valence-corrected chi connectivity index (χ0v) is 16.4. The van der Waals surface area contributed by atoms with Crippen LogP contribution < -0.4 is 9.47 Å². The summed E-state index contributed by atoms with van der Waals surface area (Å²) in [6.45, 7) is 9.53.